The van der Waals surface area contributed by atoms with Crippen LogP contribution < -0.4 is 0 Å². The van der Waals surface area contributed by atoms with Crippen LogP contribution in [0.25, 0.3) is 10.9 Å². The first-order valence-corrected chi connectivity index (χ1v) is 12.4. The van der Waals surface area contributed by atoms with Gasteiger partial charge in [-0.1, -0.05) is 18.2 Å². The zero-order chi connectivity index (χ0) is 26.5. The summed E-state index contributed by atoms with van der Waals surface area (Å²) in [5.41, 5.74) is 1.35. The lowest BCUT2D eigenvalue weighted by atomic mass is 9.85. The molecule has 4 nitrogen and oxygen atoms in total. The highest BCUT2D eigenvalue weighted by molar-refractivity contribution is 5.85. The lowest BCUT2D eigenvalue weighted by Gasteiger charge is -2.42. The molecule has 3 heterocycles. The van der Waals surface area contributed by atoms with Crippen LogP contribution in [0, 0.1) is 17.6 Å². The van der Waals surface area contributed by atoms with Gasteiger partial charge in [0.2, 0.25) is 0 Å². The van der Waals surface area contributed by atoms with Crippen LogP contribution in [-0.4, -0.2) is 65.0 Å². The third-order valence-electron chi connectivity index (χ3n) is 7.64. The van der Waals surface area contributed by atoms with Gasteiger partial charge >= 0.3 is 6.18 Å². The Hall–Kier alpha value is -2.56. The molecule has 2 aliphatic heterocycles. The Kier molecular flexibility index (Phi) is 7.02. The van der Waals surface area contributed by atoms with E-state index < -0.39 is 54.8 Å². The van der Waals surface area contributed by atoms with Crippen LogP contribution in [0.2, 0.25) is 0 Å². The van der Waals surface area contributed by atoms with Gasteiger partial charge in [-0.3, -0.25) is 9.29 Å². The van der Waals surface area contributed by atoms with Crippen LogP contribution in [0.3, 0.4) is 0 Å². The molecular formula is C27H29F6N3O. The summed E-state index contributed by atoms with van der Waals surface area (Å²) in [6, 6.07) is 7.33. The van der Waals surface area contributed by atoms with Crippen molar-refractivity contribution in [3.8, 4) is 0 Å². The monoisotopic (exact) mass is 525 g/mol. The molecule has 0 spiro atoms. The molecule has 37 heavy (non-hydrogen) atoms. The smallest absolute Gasteiger partial charge is 0.388 e. The number of aromatic nitrogens is 1. The number of rotatable bonds is 7. The van der Waals surface area contributed by atoms with Crippen molar-refractivity contribution < 1.29 is 31.4 Å². The molecule has 1 unspecified atom stereocenters. The van der Waals surface area contributed by atoms with Gasteiger partial charge in [-0.25, -0.2) is 8.78 Å². The van der Waals surface area contributed by atoms with Crippen LogP contribution in [0.5, 0.6) is 0 Å². The van der Waals surface area contributed by atoms with Crippen molar-refractivity contribution in [1.82, 2.24) is 14.8 Å². The third-order valence-corrected chi connectivity index (χ3v) is 7.64. The van der Waals surface area contributed by atoms with Crippen molar-refractivity contribution in [1.29, 1.82) is 0 Å². The van der Waals surface area contributed by atoms with Crippen LogP contribution in [0.15, 0.2) is 36.4 Å². The first kappa shape index (κ1) is 26.1. The Morgan fingerprint density at radius 2 is 1.78 bits per heavy atom. The Bertz CT molecular complexity index is 1250. The summed E-state index contributed by atoms with van der Waals surface area (Å²) in [4.78, 5) is 6.16. The Morgan fingerprint density at radius 1 is 1.11 bits per heavy atom. The van der Waals surface area contributed by atoms with Gasteiger partial charge in [0.05, 0.1) is 25.4 Å². The number of benzene rings is 2. The molecule has 1 fully saturated rings. The zero-order valence-electron chi connectivity index (χ0n) is 20.3. The minimum atomic E-state index is -4.57. The molecule has 0 saturated carbocycles. The number of aliphatic hydroxyl groups excluding tert-OH is 1. The minimum Gasteiger partial charge on any atom is -0.388 e. The van der Waals surface area contributed by atoms with E-state index in [9.17, 15) is 22.7 Å². The fourth-order valence-corrected chi connectivity index (χ4v) is 5.85. The van der Waals surface area contributed by atoms with E-state index in [-0.39, 0.29) is 11.5 Å². The van der Waals surface area contributed by atoms with E-state index in [1.165, 1.54) is 0 Å². The summed E-state index contributed by atoms with van der Waals surface area (Å²) in [6.45, 7) is 1.36. The SMILES string of the molecule is C[C@@H]1Cc2c([nH]c3ccccc23)[C@@H](c2c(F)cc(C(O)C3CN(CCCF)C3)cc2F)N1CC(F)(F)F. The molecule has 1 aromatic heterocycles. The summed E-state index contributed by atoms with van der Waals surface area (Å²) in [5, 5.41) is 11.6. The average molecular weight is 526 g/mol. The molecule has 1 saturated heterocycles. The van der Waals surface area contributed by atoms with E-state index in [0.717, 1.165) is 28.0 Å². The van der Waals surface area contributed by atoms with Crippen molar-refractivity contribution >= 4 is 10.9 Å². The van der Waals surface area contributed by atoms with E-state index in [1.807, 2.05) is 17.0 Å². The van der Waals surface area contributed by atoms with Crippen molar-refractivity contribution in [2.75, 3.05) is 32.9 Å². The number of hydrogen-bond donors (Lipinski definition) is 2. The minimum absolute atomic E-state index is 0.0389. The third kappa shape index (κ3) is 4.98. The van der Waals surface area contributed by atoms with Gasteiger partial charge in [-0.15, -0.1) is 0 Å². The van der Waals surface area contributed by atoms with E-state index in [0.29, 0.717) is 43.7 Å². The summed E-state index contributed by atoms with van der Waals surface area (Å²) < 4.78 is 84.5. The quantitative estimate of drug-likeness (QED) is 0.391. The lowest BCUT2D eigenvalue weighted by molar-refractivity contribution is -0.155. The lowest BCUT2D eigenvalue weighted by Crippen LogP contribution is -2.49. The molecule has 2 aromatic carbocycles. The molecular weight excluding hydrogens is 496 g/mol. The van der Waals surface area contributed by atoms with Gasteiger partial charge < -0.3 is 15.0 Å². The summed E-state index contributed by atoms with van der Waals surface area (Å²) in [5.74, 6) is -2.27. The molecule has 0 aliphatic carbocycles. The largest absolute Gasteiger partial charge is 0.401 e. The van der Waals surface area contributed by atoms with Crippen molar-refractivity contribution in [2.24, 2.45) is 5.92 Å². The molecule has 10 heteroatoms. The number of aromatic amines is 1. The van der Waals surface area contributed by atoms with Gasteiger partial charge in [0.25, 0.3) is 0 Å². The standard InChI is InChI=1S/C27H29F6N3O/c1-15-9-19-18-5-2-3-6-22(18)34-24(19)25(36(15)14-27(31,32)33)23-20(29)10-16(11-21(23)30)26(37)17-12-35(13-17)8-4-7-28/h2-3,5-6,10-11,15,17,25-26,34,37H,4,7-9,12-14H2,1H3/t15-,25-,26?/m1/s1. The number of alkyl halides is 4. The first-order valence-electron chi connectivity index (χ1n) is 12.4. The summed E-state index contributed by atoms with van der Waals surface area (Å²) >= 11 is 0. The number of para-hydroxylation sites is 1. The van der Waals surface area contributed by atoms with E-state index in [4.69, 9.17) is 0 Å². The molecule has 5 rings (SSSR count). The number of halogens is 6. The number of fused-ring (bicyclic) bond motifs is 3. The molecule has 3 aromatic rings. The fraction of sp³-hybridized carbons (Fsp3) is 0.481. The highest BCUT2D eigenvalue weighted by Crippen LogP contribution is 2.44. The Balaban J connectivity index is 1.52. The zero-order valence-corrected chi connectivity index (χ0v) is 20.3. The van der Waals surface area contributed by atoms with Crippen LogP contribution in [-0.2, 0) is 6.42 Å². The number of nitrogens with one attached hydrogen (secondary N) is 1. The fourth-order valence-electron chi connectivity index (χ4n) is 5.85. The second kappa shape index (κ2) is 9.96. The second-order valence-corrected chi connectivity index (χ2v) is 10.2. The van der Waals surface area contributed by atoms with Gasteiger partial charge in [0.1, 0.15) is 11.6 Å². The van der Waals surface area contributed by atoms with Crippen LogP contribution in [0.4, 0.5) is 26.3 Å². The van der Waals surface area contributed by atoms with E-state index in [2.05, 4.69) is 4.98 Å². The number of likely N-dealkylation sites (tertiary alicyclic amines) is 1. The van der Waals surface area contributed by atoms with Crippen LogP contribution in [0.1, 0.15) is 47.9 Å². The van der Waals surface area contributed by atoms with Gasteiger partial charge in [0, 0.05) is 53.8 Å². The highest BCUT2D eigenvalue weighted by atomic mass is 19.4. The maximum absolute atomic E-state index is 15.6. The average Bonchev–Trinajstić information content (AvgIpc) is 3.16. The molecule has 0 bridgehead atoms. The van der Waals surface area contributed by atoms with Gasteiger partial charge in [-0.2, -0.15) is 13.2 Å². The topological polar surface area (TPSA) is 42.5 Å². The van der Waals surface area contributed by atoms with Crippen LogP contribution >= 0.6 is 0 Å². The first-order chi connectivity index (χ1) is 17.6. The number of nitrogens with zero attached hydrogens (tertiary/aromatic N) is 2. The highest BCUT2D eigenvalue weighted by Gasteiger charge is 2.44. The Morgan fingerprint density at radius 3 is 2.43 bits per heavy atom. The number of aliphatic hydroxyl groups is 1. The molecule has 2 N–H and O–H groups in total. The predicted molar refractivity (Wildman–Crippen MR) is 128 cm³/mol. The molecule has 2 aliphatic rings. The molecule has 3 atom stereocenters. The summed E-state index contributed by atoms with van der Waals surface area (Å²) in [7, 11) is 0. The van der Waals surface area contributed by atoms with Gasteiger partial charge in [-0.05, 0) is 49.1 Å². The predicted octanol–water partition coefficient (Wildman–Crippen LogP) is 5.67. The normalized spacial score (nSPS) is 22.3. The number of hydrogen-bond acceptors (Lipinski definition) is 3. The van der Waals surface area contributed by atoms with Crippen molar-refractivity contribution in [3.05, 3.63) is 70.4 Å². The van der Waals surface area contributed by atoms with E-state index >= 15 is 8.78 Å². The van der Waals surface area contributed by atoms with Gasteiger partial charge in [0.15, 0.2) is 0 Å². The Labute approximate surface area is 210 Å². The van der Waals surface area contributed by atoms with E-state index in [1.54, 1.807) is 19.1 Å². The van der Waals surface area contributed by atoms with Crippen molar-refractivity contribution in [3.63, 3.8) is 0 Å². The maximum atomic E-state index is 15.6. The maximum Gasteiger partial charge on any atom is 0.401 e. The molecule has 200 valence electrons. The molecule has 0 radical (unpaired) electrons. The number of H-pyrrole nitrogens is 1. The second-order valence-electron chi connectivity index (χ2n) is 10.2. The summed E-state index contributed by atoms with van der Waals surface area (Å²) in [6.07, 6.45) is -5.03. The molecule has 0 amide bonds. The van der Waals surface area contributed by atoms with Crippen molar-refractivity contribution in [2.45, 2.75) is 44.1 Å².